The molecule has 1 aromatic rings. The van der Waals surface area contributed by atoms with E-state index in [4.69, 9.17) is 10.7 Å². The van der Waals surface area contributed by atoms with Crippen LogP contribution < -0.4 is 0 Å². The summed E-state index contributed by atoms with van der Waals surface area (Å²) in [4.78, 5) is 0.0617. The predicted octanol–water partition coefficient (Wildman–Crippen LogP) is 3.14. The second kappa shape index (κ2) is 3.65. The van der Waals surface area contributed by atoms with Crippen LogP contribution >= 0.6 is 42.5 Å². The van der Waals surface area contributed by atoms with Crippen molar-refractivity contribution in [2.45, 2.75) is 4.90 Å². The fourth-order valence-corrected chi connectivity index (χ4v) is 4.65. The topological polar surface area (TPSA) is 34.1 Å². The maximum atomic E-state index is 11.0. The van der Waals surface area contributed by atoms with Crippen molar-refractivity contribution < 1.29 is 8.42 Å². The zero-order chi connectivity index (χ0) is 9.35. The number of hydrogen-bond donors (Lipinski definition) is 0. The Morgan fingerprint density at radius 3 is 1.83 bits per heavy atom. The summed E-state index contributed by atoms with van der Waals surface area (Å²) in [5, 5.41) is 0. The van der Waals surface area contributed by atoms with E-state index in [1.54, 1.807) is 18.2 Å². The molecule has 0 heterocycles. The molecular formula is C6H3Br2ClO2S. The minimum atomic E-state index is -3.69. The van der Waals surface area contributed by atoms with Gasteiger partial charge in [-0.05, 0) is 44.0 Å². The average Bonchev–Trinajstić information content (AvgIpc) is 1.82. The van der Waals surface area contributed by atoms with Gasteiger partial charge in [0.25, 0.3) is 9.05 Å². The summed E-state index contributed by atoms with van der Waals surface area (Å²) in [5.74, 6) is 0. The average molecular weight is 334 g/mol. The van der Waals surface area contributed by atoms with Gasteiger partial charge in [0.1, 0.15) is 4.90 Å². The van der Waals surface area contributed by atoms with Crippen LogP contribution in [0.25, 0.3) is 0 Å². The van der Waals surface area contributed by atoms with Crippen LogP contribution in [0.15, 0.2) is 32.0 Å². The first-order valence-electron chi connectivity index (χ1n) is 2.81. The zero-order valence-corrected chi connectivity index (χ0v) is 10.3. The molecule has 66 valence electrons. The molecule has 2 nitrogen and oxygen atoms in total. The molecule has 12 heavy (non-hydrogen) atoms. The molecule has 1 rings (SSSR count). The summed E-state index contributed by atoms with van der Waals surface area (Å²) >= 11 is 6.18. The molecular weight excluding hydrogens is 331 g/mol. The Kier molecular flexibility index (Phi) is 3.20. The standard InChI is InChI=1S/C6H3Br2ClO2S/c7-4-2-1-3-5(8)6(4)12(9,10)11/h1-3H. The zero-order valence-electron chi connectivity index (χ0n) is 5.59. The molecule has 0 fully saturated rings. The van der Waals surface area contributed by atoms with Crippen molar-refractivity contribution in [1.82, 2.24) is 0 Å². The van der Waals surface area contributed by atoms with E-state index in [1.165, 1.54) is 0 Å². The molecule has 0 atom stereocenters. The normalized spacial score (nSPS) is 11.6. The van der Waals surface area contributed by atoms with Crippen LogP contribution in [0.4, 0.5) is 0 Å². The highest BCUT2D eigenvalue weighted by atomic mass is 79.9. The second-order valence-electron chi connectivity index (χ2n) is 1.99. The Hall–Kier alpha value is 0.420. The van der Waals surface area contributed by atoms with Crippen LogP contribution in [0.2, 0.25) is 0 Å². The van der Waals surface area contributed by atoms with E-state index in [-0.39, 0.29) is 4.90 Å². The third-order valence-electron chi connectivity index (χ3n) is 1.16. The van der Waals surface area contributed by atoms with E-state index in [0.717, 1.165) is 0 Å². The minimum absolute atomic E-state index is 0.0617. The molecule has 0 unspecified atom stereocenters. The van der Waals surface area contributed by atoms with Crippen LogP contribution in [0.3, 0.4) is 0 Å². The van der Waals surface area contributed by atoms with E-state index in [9.17, 15) is 8.42 Å². The summed E-state index contributed by atoms with van der Waals surface area (Å²) in [6.45, 7) is 0. The molecule has 6 heteroatoms. The van der Waals surface area contributed by atoms with Gasteiger partial charge in [0, 0.05) is 19.6 Å². The van der Waals surface area contributed by atoms with Crippen molar-refractivity contribution in [3.63, 3.8) is 0 Å². The Balaban J connectivity index is 3.53. The summed E-state index contributed by atoms with van der Waals surface area (Å²) in [6.07, 6.45) is 0. The number of hydrogen-bond acceptors (Lipinski definition) is 2. The van der Waals surface area contributed by atoms with Gasteiger partial charge in [-0.1, -0.05) is 6.07 Å². The lowest BCUT2D eigenvalue weighted by atomic mass is 10.4. The van der Waals surface area contributed by atoms with Gasteiger partial charge in [-0.25, -0.2) is 8.42 Å². The molecule has 0 spiro atoms. The molecule has 0 saturated heterocycles. The van der Waals surface area contributed by atoms with Gasteiger partial charge in [0.2, 0.25) is 0 Å². The van der Waals surface area contributed by atoms with Crippen molar-refractivity contribution in [1.29, 1.82) is 0 Å². The van der Waals surface area contributed by atoms with Crippen LogP contribution in [-0.4, -0.2) is 8.42 Å². The first kappa shape index (κ1) is 10.5. The fourth-order valence-electron chi connectivity index (χ4n) is 0.715. The van der Waals surface area contributed by atoms with Crippen LogP contribution in [0, 0.1) is 0 Å². The molecule has 0 aliphatic carbocycles. The van der Waals surface area contributed by atoms with E-state index in [0.29, 0.717) is 8.95 Å². The quantitative estimate of drug-likeness (QED) is 0.740. The smallest absolute Gasteiger partial charge is 0.207 e. The van der Waals surface area contributed by atoms with Crippen molar-refractivity contribution >= 4 is 51.6 Å². The van der Waals surface area contributed by atoms with E-state index in [2.05, 4.69) is 31.9 Å². The highest BCUT2D eigenvalue weighted by Crippen LogP contribution is 2.31. The lowest BCUT2D eigenvalue weighted by molar-refractivity contribution is 0.608. The summed E-state index contributed by atoms with van der Waals surface area (Å²) in [5.41, 5.74) is 0. The van der Waals surface area contributed by atoms with Gasteiger partial charge in [-0.15, -0.1) is 0 Å². The van der Waals surface area contributed by atoms with Gasteiger partial charge in [0.15, 0.2) is 0 Å². The van der Waals surface area contributed by atoms with Crippen molar-refractivity contribution in [3.05, 3.63) is 27.1 Å². The van der Waals surface area contributed by atoms with Gasteiger partial charge < -0.3 is 0 Å². The molecule has 0 aliphatic rings. The van der Waals surface area contributed by atoms with E-state index in [1.807, 2.05) is 0 Å². The first-order valence-corrected chi connectivity index (χ1v) is 6.71. The Labute approximate surface area is 91.6 Å². The number of benzene rings is 1. The summed E-state index contributed by atoms with van der Waals surface area (Å²) in [7, 11) is 1.50. The highest BCUT2D eigenvalue weighted by Gasteiger charge is 2.17. The molecule has 0 aliphatic heterocycles. The Morgan fingerprint density at radius 2 is 1.58 bits per heavy atom. The lowest BCUT2D eigenvalue weighted by Gasteiger charge is -2.01. The van der Waals surface area contributed by atoms with Gasteiger partial charge >= 0.3 is 0 Å². The Bertz CT molecular complexity index is 382. The van der Waals surface area contributed by atoms with Crippen molar-refractivity contribution in [2.75, 3.05) is 0 Å². The van der Waals surface area contributed by atoms with Crippen LogP contribution in [0.1, 0.15) is 0 Å². The van der Waals surface area contributed by atoms with Gasteiger partial charge in [-0.3, -0.25) is 0 Å². The van der Waals surface area contributed by atoms with Gasteiger partial charge in [-0.2, -0.15) is 0 Å². The van der Waals surface area contributed by atoms with E-state index < -0.39 is 9.05 Å². The van der Waals surface area contributed by atoms with Crippen molar-refractivity contribution in [2.24, 2.45) is 0 Å². The molecule has 0 N–H and O–H groups in total. The lowest BCUT2D eigenvalue weighted by Crippen LogP contribution is -1.93. The molecule has 1 aromatic carbocycles. The molecule has 0 amide bonds. The van der Waals surface area contributed by atoms with Crippen LogP contribution in [0.5, 0.6) is 0 Å². The fraction of sp³-hybridized carbons (Fsp3) is 0. The third kappa shape index (κ3) is 2.22. The summed E-state index contributed by atoms with van der Waals surface area (Å²) < 4.78 is 22.9. The van der Waals surface area contributed by atoms with Crippen molar-refractivity contribution in [3.8, 4) is 0 Å². The van der Waals surface area contributed by atoms with Crippen LogP contribution in [-0.2, 0) is 9.05 Å². The third-order valence-corrected chi connectivity index (χ3v) is 4.40. The number of rotatable bonds is 1. The molecule has 0 aromatic heterocycles. The Morgan fingerprint density at radius 1 is 1.17 bits per heavy atom. The number of halogens is 3. The molecule has 0 bridgehead atoms. The highest BCUT2D eigenvalue weighted by molar-refractivity contribution is 9.11. The summed E-state index contributed by atoms with van der Waals surface area (Å²) in [6, 6.07) is 4.93. The first-order chi connectivity index (χ1) is 5.43. The minimum Gasteiger partial charge on any atom is -0.207 e. The largest absolute Gasteiger partial charge is 0.263 e. The predicted molar refractivity (Wildman–Crippen MR) is 54.9 cm³/mol. The maximum absolute atomic E-state index is 11.0. The maximum Gasteiger partial charge on any atom is 0.263 e. The second-order valence-corrected chi connectivity index (χ2v) is 6.20. The molecule has 0 saturated carbocycles. The van der Waals surface area contributed by atoms with E-state index >= 15 is 0 Å². The molecule has 0 radical (unpaired) electrons. The monoisotopic (exact) mass is 332 g/mol. The SMILES string of the molecule is O=S(=O)(Cl)c1c(Br)cccc1Br. The van der Waals surface area contributed by atoms with Gasteiger partial charge in [0.05, 0.1) is 0 Å².